The molecule has 0 bridgehead atoms. The van der Waals surface area contributed by atoms with E-state index in [9.17, 15) is 23.1 Å². The van der Waals surface area contributed by atoms with E-state index in [1.54, 1.807) is 0 Å². The predicted octanol–water partition coefficient (Wildman–Crippen LogP) is -2.35. The van der Waals surface area contributed by atoms with Gasteiger partial charge in [0.25, 0.3) is 0 Å². The number of hydrogen-bond acceptors (Lipinski definition) is 4. The number of halogens is 3. The van der Waals surface area contributed by atoms with Gasteiger partial charge in [-0.05, 0) is 12.1 Å². The summed E-state index contributed by atoms with van der Waals surface area (Å²) in [6, 6.07) is 4.64. The number of alkyl halides is 3. The van der Waals surface area contributed by atoms with Crippen molar-refractivity contribution in [1.82, 2.24) is 14.8 Å². The summed E-state index contributed by atoms with van der Waals surface area (Å²) in [4.78, 5) is 13.8. The first-order valence-corrected chi connectivity index (χ1v) is 4.69. The Hall–Kier alpha value is -1.78. The number of carbonyl (C=O) groups is 1. The molecule has 0 amide bonds. The molecule has 2 rings (SSSR count). The Morgan fingerprint density at radius 2 is 1.89 bits per heavy atom. The van der Waals surface area contributed by atoms with Crippen molar-refractivity contribution in [2.75, 3.05) is 0 Å². The van der Waals surface area contributed by atoms with Crippen LogP contribution in [0, 0.1) is 0 Å². The van der Waals surface area contributed by atoms with Crippen molar-refractivity contribution in [2.24, 2.45) is 0 Å². The van der Waals surface area contributed by atoms with Gasteiger partial charge in [-0.15, -0.1) is 5.10 Å². The minimum atomic E-state index is -4.57. The van der Waals surface area contributed by atoms with Gasteiger partial charge in [0.1, 0.15) is 12.3 Å². The maximum Gasteiger partial charge on any atom is 1.00 e. The predicted molar refractivity (Wildman–Crippen MR) is 50.7 cm³/mol. The fraction of sp³-hybridized carbons (Fsp3) is 0.100. The monoisotopic (exact) mass is 263 g/mol. The smallest absolute Gasteiger partial charge is 0.541 e. The minimum absolute atomic E-state index is 0. The number of carboxylic acids is 1. The number of rotatable bonds is 2. The van der Waals surface area contributed by atoms with E-state index in [4.69, 9.17) is 0 Å². The Balaban J connectivity index is 0.00000180. The third-order valence-corrected chi connectivity index (χ3v) is 2.13. The van der Waals surface area contributed by atoms with Crippen LogP contribution in [-0.4, -0.2) is 20.7 Å². The molecule has 0 unspecified atom stereocenters. The summed E-state index contributed by atoms with van der Waals surface area (Å²) < 4.78 is 38.9. The molecule has 0 aliphatic rings. The first-order valence-electron chi connectivity index (χ1n) is 4.69. The van der Waals surface area contributed by atoms with Crippen LogP contribution in [0.4, 0.5) is 13.2 Å². The van der Waals surface area contributed by atoms with E-state index >= 15 is 0 Å². The number of hydrogen-bond donors (Lipinski definition) is 0. The number of carbonyl (C=O) groups excluding carboxylic acids is 1. The first-order chi connectivity index (χ1) is 8.39. The van der Waals surface area contributed by atoms with E-state index in [2.05, 4.69) is 10.1 Å². The Bertz CT molecular complexity index is 598. The van der Waals surface area contributed by atoms with Crippen LogP contribution in [-0.2, 0) is 6.18 Å². The third kappa shape index (κ3) is 3.16. The Morgan fingerprint density at radius 1 is 1.26 bits per heavy atom. The minimum Gasteiger partial charge on any atom is -0.541 e. The zero-order valence-corrected chi connectivity index (χ0v) is 9.68. The molecule has 0 aliphatic heterocycles. The van der Waals surface area contributed by atoms with Gasteiger partial charge in [-0.25, -0.2) is 9.67 Å². The summed E-state index contributed by atoms with van der Waals surface area (Å²) in [6.07, 6.45) is -3.68. The van der Waals surface area contributed by atoms with Gasteiger partial charge in [-0.1, -0.05) is 12.1 Å². The maximum absolute atomic E-state index is 12.7. The second-order valence-electron chi connectivity index (χ2n) is 3.32. The number of aromatic nitrogens is 3. The number of benzene rings is 1. The van der Waals surface area contributed by atoms with Crippen molar-refractivity contribution < 1.29 is 41.9 Å². The van der Waals surface area contributed by atoms with E-state index in [-0.39, 0.29) is 24.5 Å². The molecule has 0 atom stereocenters. The van der Waals surface area contributed by atoms with Crippen molar-refractivity contribution in [1.29, 1.82) is 0 Å². The molecule has 2 aromatic rings. The van der Waals surface area contributed by atoms with Gasteiger partial charge in [-0.3, -0.25) is 0 Å². The molecular weight excluding hydrogens is 258 g/mol. The van der Waals surface area contributed by atoms with Crippen molar-refractivity contribution in [3.8, 4) is 5.69 Å². The molecule has 1 aromatic heterocycles. The van der Waals surface area contributed by atoms with Crippen LogP contribution in [0.2, 0.25) is 0 Å². The molecule has 94 valence electrons. The zero-order valence-electron chi connectivity index (χ0n) is 9.68. The van der Waals surface area contributed by atoms with Crippen molar-refractivity contribution in [3.63, 3.8) is 0 Å². The van der Waals surface area contributed by atoms with Crippen LogP contribution >= 0.6 is 0 Å². The van der Waals surface area contributed by atoms with Gasteiger partial charge in [-0.2, -0.15) is 13.2 Å². The fourth-order valence-electron chi connectivity index (χ4n) is 1.39. The van der Waals surface area contributed by atoms with Gasteiger partial charge in [0.05, 0.1) is 11.3 Å². The summed E-state index contributed by atoms with van der Waals surface area (Å²) in [6.45, 7) is 0. The summed E-state index contributed by atoms with van der Waals surface area (Å²) in [5.74, 6) is -2.33. The standard InChI is InChI=1S/C10H6F3N3O2.Li/c11-10(12,13)6-3-1-2-4-7(6)16-5-14-8(15-16)9(17)18;/h1-5H,(H,17,18);/q;+1/p-1. The molecule has 0 saturated carbocycles. The molecule has 0 spiro atoms. The van der Waals surface area contributed by atoms with Crippen LogP contribution in [0.15, 0.2) is 30.6 Å². The van der Waals surface area contributed by atoms with Crippen LogP contribution in [0.3, 0.4) is 0 Å². The number of aromatic carboxylic acids is 1. The van der Waals surface area contributed by atoms with Crippen molar-refractivity contribution in [2.45, 2.75) is 6.18 Å². The van der Waals surface area contributed by atoms with Gasteiger partial charge in [0, 0.05) is 0 Å². The summed E-state index contributed by atoms with van der Waals surface area (Å²) in [5, 5.41) is 13.9. The van der Waals surface area contributed by atoms with E-state index < -0.39 is 23.5 Å². The van der Waals surface area contributed by atoms with Crippen LogP contribution in [0.5, 0.6) is 0 Å². The van der Waals surface area contributed by atoms with Crippen LogP contribution < -0.4 is 24.0 Å². The molecule has 9 heteroatoms. The molecule has 0 radical (unpaired) electrons. The average molecular weight is 263 g/mol. The Kier molecular flexibility index (Phi) is 4.39. The largest absolute Gasteiger partial charge is 1.00 e. The molecule has 19 heavy (non-hydrogen) atoms. The first kappa shape index (κ1) is 15.3. The van der Waals surface area contributed by atoms with Crippen LogP contribution in [0.25, 0.3) is 5.69 Å². The van der Waals surface area contributed by atoms with Gasteiger partial charge >= 0.3 is 25.0 Å². The zero-order chi connectivity index (χ0) is 13.3. The van der Waals surface area contributed by atoms with Crippen molar-refractivity contribution >= 4 is 5.97 Å². The molecule has 1 heterocycles. The van der Waals surface area contributed by atoms with Gasteiger partial charge in [0.15, 0.2) is 5.82 Å². The molecular formula is C10H5F3LiN3O2. The van der Waals surface area contributed by atoms with Crippen LogP contribution in [0.1, 0.15) is 16.2 Å². The van der Waals surface area contributed by atoms with E-state index in [0.717, 1.165) is 23.1 Å². The molecule has 0 N–H and O–H groups in total. The summed E-state index contributed by atoms with van der Waals surface area (Å²) in [5.41, 5.74) is -1.23. The number of para-hydroxylation sites is 1. The average Bonchev–Trinajstić information content (AvgIpc) is 2.77. The molecule has 0 aliphatic carbocycles. The topological polar surface area (TPSA) is 70.8 Å². The van der Waals surface area contributed by atoms with Gasteiger partial charge in [0.2, 0.25) is 0 Å². The normalized spacial score (nSPS) is 10.9. The number of nitrogens with zero attached hydrogens (tertiary/aromatic N) is 3. The summed E-state index contributed by atoms with van der Waals surface area (Å²) in [7, 11) is 0. The molecule has 0 saturated heterocycles. The Labute approximate surface area is 117 Å². The van der Waals surface area contributed by atoms with Crippen molar-refractivity contribution in [3.05, 3.63) is 42.0 Å². The molecule has 1 aromatic carbocycles. The third-order valence-electron chi connectivity index (χ3n) is 2.13. The van der Waals surface area contributed by atoms with E-state index in [1.807, 2.05) is 0 Å². The Morgan fingerprint density at radius 3 is 2.42 bits per heavy atom. The van der Waals surface area contributed by atoms with Gasteiger partial charge < -0.3 is 9.90 Å². The quantitative estimate of drug-likeness (QED) is 0.569. The maximum atomic E-state index is 12.7. The molecule has 0 fully saturated rings. The fourth-order valence-corrected chi connectivity index (χ4v) is 1.39. The molecule has 5 nitrogen and oxygen atoms in total. The van der Waals surface area contributed by atoms with E-state index in [0.29, 0.717) is 0 Å². The second-order valence-corrected chi connectivity index (χ2v) is 3.32. The second kappa shape index (κ2) is 5.46. The summed E-state index contributed by atoms with van der Waals surface area (Å²) >= 11 is 0. The van der Waals surface area contributed by atoms with E-state index in [1.165, 1.54) is 12.1 Å². The number of carboxylic acid groups (broad SMARTS) is 1. The SMILES string of the molecule is O=C([O-])c1ncn(-c2ccccc2C(F)(F)F)n1.[Li+].